The summed E-state index contributed by atoms with van der Waals surface area (Å²) in [6, 6.07) is 10.8. The van der Waals surface area contributed by atoms with Crippen LogP contribution in [-0.2, 0) is 0 Å². The highest BCUT2D eigenvalue weighted by atomic mass is 19.3. The van der Waals surface area contributed by atoms with Crippen LogP contribution in [0.1, 0.15) is 12.0 Å². The number of hydrogen-bond acceptors (Lipinski definition) is 1. The highest BCUT2D eigenvalue weighted by molar-refractivity contribution is 5.62. The van der Waals surface area contributed by atoms with E-state index in [0.29, 0.717) is 5.56 Å². The summed E-state index contributed by atoms with van der Waals surface area (Å²) >= 11 is 0. The van der Waals surface area contributed by atoms with Gasteiger partial charge in [0.05, 0.1) is 0 Å². The molecule has 0 atom stereocenters. The quantitative estimate of drug-likeness (QED) is 0.728. The third kappa shape index (κ3) is 2.18. The van der Waals surface area contributed by atoms with Crippen molar-refractivity contribution in [3.8, 4) is 11.1 Å². The van der Waals surface area contributed by atoms with Crippen LogP contribution >= 0.6 is 0 Å². The Balaban J connectivity index is 2.42. The van der Waals surface area contributed by atoms with Crippen LogP contribution in [0.3, 0.4) is 0 Å². The summed E-state index contributed by atoms with van der Waals surface area (Å²) < 4.78 is 24.8. The topological polar surface area (TPSA) is 12.9 Å². The average molecular weight is 205 g/mol. The Morgan fingerprint density at radius 3 is 2.33 bits per heavy atom. The normalized spacial score (nSPS) is 10.6. The van der Waals surface area contributed by atoms with Crippen molar-refractivity contribution in [1.29, 1.82) is 0 Å². The molecule has 0 aliphatic heterocycles. The maximum atomic E-state index is 12.4. The molecule has 3 heteroatoms. The molecule has 0 spiro atoms. The fourth-order valence-electron chi connectivity index (χ4n) is 1.37. The molecular weight excluding hydrogens is 196 g/mol. The van der Waals surface area contributed by atoms with Crippen LogP contribution in [0.2, 0.25) is 0 Å². The van der Waals surface area contributed by atoms with E-state index < -0.39 is 6.43 Å². The first-order chi connectivity index (χ1) is 7.27. The number of nitrogens with zero attached hydrogens (tertiary/aromatic N) is 1. The van der Waals surface area contributed by atoms with E-state index in [9.17, 15) is 8.78 Å². The van der Waals surface area contributed by atoms with Crippen LogP contribution in [0.15, 0.2) is 48.8 Å². The molecule has 0 saturated heterocycles. The Morgan fingerprint density at radius 1 is 0.933 bits per heavy atom. The van der Waals surface area contributed by atoms with E-state index in [-0.39, 0.29) is 5.56 Å². The number of rotatable bonds is 2. The zero-order valence-corrected chi connectivity index (χ0v) is 7.90. The molecule has 0 amide bonds. The molecule has 1 nitrogen and oxygen atoms in total. The van der Waals surface area contributed by atoms with Crippen molar-refractivity contribution in [1.82, 2.24) is 4.98 Å². The average Bonchev–Trinajstić information content (AvgIpc) is 2.30. The summed E-state index contributed by atoms with van der Waals surface area (Å²) in [5.41, 5.74) is 1.57. The van der Waals surface area contributed by atoms with Gasteiger partial charge in [-0.1, -0.05) is 30.3 Å². The Morgan fingerprint density at radius 2 is 1.67 bits per heavy atom. The SMILES string of the molecule is FC(F)c1cncc(-c2ccccc2)c1. The minimum atomic E-state index is -2.47. The van der Waals surface area contributed by atoms with Crippen molar-refractivity contribution in [2.75, 3.05) is 0 Å². The number of benzene rings is 1. The molecule has 76 valence electrons. The smallest absolute Gasteiger partial charge is 0.264 e. The second-order valence-electron chi connectivity index (χ2n) is 3.17. The van der Waals surface area contributed by atoms with Crippen LogP contribution in [0, 0.1) is 0 Å². The zero-order chi connectivity index (χ0) is 10.7. The second kappa shape index (κ2) is 4.17. The highest BCUT2D eigenvalue weighted by Gasteiger charge is 2.08. The molecule has 0 bridgehead atoms. The Hall–Kier alpha value is -1.77. The van der Waals surface area contributed by atoms with Gasteiger partial charge in [0.1, 0.15) is 0 Å². The first kappa shape index (κ1) is 9.77. The molecule has 2 aromatic rings. The summed E-state index contributed by atoms with van der Waals surface area (Å²) in [5, 5.41) is 0. The van der Waals surface area contributed by atoms with E-state index in [2.05, 4.69) is 4.98 Å². The van der Waals surface area contributed by atoms with Crippen LogP contribution in [0.25, 0.3) is 11.1 Å². The standard InChI is InChI=1S/C12H9F2N/c13-12(14)11-6-10(7-15-8-11)9-4-2-1-3-5-9/h1-8,12H. The lowest BCUT2D eigenvalue weighted by Crippen LogP contribution is -1.87. The number of alkyl halides is 2. The summed E-state index contributed by atoms with van der Waals surface area (Å²) in [4.78, 5) is 3.80. The van der Waals surface area contributed by atoms with Gasteiger partial charge in [0.15, 0.2) is 0 Å². The number of aromatic nitrogens is 1. The molecule has 0 fully saturated rings. The Bertz CT molecular complexity index is 440. The van der Waals surface area contributed by atoms with Crippen molar-refractivity contribution in [3.63, 3.8) is 0 Å². The van der Waals surface area contributed by atoms with Crippen molar-refractivity contribution in [2.24, 2.45) is 0 Å². The maximum Gasteiger partial charge on any atom is 0.265 e. The molecule has 1 heterocycles. The summed E-state index contributed by atoms with van der Waals surface area (Å²) in [7, 11) is 0. The van der Waals surface area contributed by atoms with E-state index in [1.807, 2.05) is 30.3 Å². The van der Waals surface area contributed by atoms with Crippen molar-refractivity contribution < 1.29 is 8.78 Å². The predicted octanol–water partition coefficient (Wildman–Crippen LogP) is 3.69. The first-order valence-electron chi connectivity index (χ1n) is 4.56. The zero-order valence-electron chi connectivity index (χ0n) is 7.90. The monoisotopic (exact) mass is 205 g/mol. The second-order valence-corrected chi connectivity index (χ2v) is 3.17. The predicted molar refractivity (Wildman–Crippen MR) is 54.6 cm³/mol. The molecule has 2 rings (SSSR count). The molecule has 0 aliphatic rings. The fourth-order valence-corrected chi connectivity index (χ4v) is 1.37. The largest absolute Gasteiger partial charge is 0.265 e. The summed E-state index contributed by atoms with van der Waals surface area (Å²) in [6.45, 7) is 0. The lowest BCUT2D eigenvalue weighted by atomic mass is 10.1. The molecular formula is C12H9F2N. The van der Waals surface area contributed by atoms with Crippen molar-refractivity contribution in [2.45, 2.75) is 6.43 Å². The maximum absolute atomic E-state index is 12.4. The van der Waals surface area contributed by atoms with Gasteiger partial charge in [0, 0.05) is 23.5 Å². The first-order valence-corrected chi connectivity index (χ1v) is 4.56. The molecule has 1 aromatic heterocycles. The molecule has 0 N–H and O–H groups in total. The van der Waals surface area contributed by atoms with E-state index >= 15 is 0 Å². The third-order valence-electron chi connectivity index (χ3n) is 2.12. The van der Waals surface area contributed by atoms with Crippen LogP contribution < -0.4 is 0 Å². The Labute approximate surface area is 86.4 Å². The molecule has 0 unspecified atom stereocenters. The van der Waals surface area contributed by atoms with Crippen molar-refractivity contribution >= 4 is 0 Å². The molecule has 1 aromatic carbocycles. The summed E-state index contributed by atoms with van der Waals surface area (Å²) in [6.07, 6.45) is 0.305. The lowest BCUT2D eigenvalue weighted by molar-refractivity contribution is 0.151. The van der Waals surface area contributed by atoms with Crippen molar-refractivity contribution in [3.05, 3.63) is 54.4 Å². The highest BCUT2D eigenvalue weighted by Crippen LogP contribution is 2.24. The van der Waals surface area contributed by atoms with Gasteiger partial charge in [-0.2, -0.15) is 0 Å². The van der Waals surface area contributed by atoms with Crippen LogP contribution in [0.5, 0.6) is 0 Å². The van der Waals surface area contributed by atoms with Gasteiger partial charge in [0.2, 0.25) is 0 Å². The number of halogens is 2. The molecule has 0 saturated carbocycles. The Kier molecular flexibility index (Phi) is 2.72. The van der Waals surface area contributed by atoms with Gasteiger partial charge >= 0.3 is 0 Å². The van der Waals surface area contributed by atoms with E-state index in [1.165, 1.54) is 12.3 Å². The van der Waals surface area contributed by atoms with E-state index in [0.717, 1.165) is 5.56 Å². The van der Waals surface area contributed by atoms with Gasteiger partial charge in [-0.25, -0.2) is 8.78 Å². The van der Waals surface area contributed by atoms with Gasteiger partial charge in [-0.15, -0.1) is 0 Å². The lowest BCUT2D eigenvalue weighted by Gasteiger charge is -2.03. The van der Waals surface area contributed by atoms with Crippen LogP contribution in [-0.4, -0.2) is 4.98 Å². The fraction of sp³-hybridized carbons (Fsp3) is 0.0833. The number of hydrogen-bond donors (Lipinski definition) is 0. The van der Waals surface area contributed by atoms with Gasteiger partial charge in [-0.3, -0.25) is 4.98 Å². The van der Waals surface area contributed by atoms with Crippen LogP contribution in [0.4, 0.5) is 8.78 Å². The van der Waals surface area contributed by atoms with Gasteiger partial charge < -0.3 is 0 Å². The third-order valence-corrected chi connectivity index (χ3v) is 2.12. The van der Waals surface area contributed by atoms with Gasteiger partial charge in [-0.05, 0) is 11.6 Å². The summed E-state index contributed by atoms with van der Waals surface area (Å²) in [5.74, 6) is 0. The minimum absolute atomic E-state index is 0.0450. The molecule has 0 aliphatic carbocycles. The van der Waals surface area contributed by atoms with E-state index in [1.54, 1.807) is 6.20 Å². The van der Waals surface area contributed by atoms with Gasteiger partial charge in [0.25, 0.3) is 6.43 Å². The number of pyridine rings is 1. The molecule has 0 radical (unpaired) electrons. The molecule has 15 heavy (non-hydrogen) atoms. The van der Waals surface area contributed by atoms with E-state index in [4.69, 9.17) is 0 Å². The minimum Gasteiger partial charge on any atom is -0.264 e.